The molecule has 1 heterocycles. The summed E-state index contributed by atoms with van der Waals surface area (Å²) in [5, 5.41) is 6.12. The third-order valence-electron chi connectivity index (χ3n) is 5.45. The molecule has 0 aliphatic heterocycles. The predicted octanol–water partition coefficient (Wildman–Crippen LogP) is 5.69. The molecule has 4 rings (SSSR count). The van der Waals surface area contributed by atoms with Gasteiger partial charge >= 0.3 is 0 Å². The quantitative estimate of drug-likeness (QED) is 0.243. The van der Waals surface area contributed by atoms with E-state index in [0.717, 1.165) is 0 Å². The first-order chi connectivity index (χ1) is 18.5. The number of pyridine rings is 1. The SMILES string of the molecule is C=S(=O)(NC(C)=O)c1ccccc1-c1ccc(C(=O)Nc2ccc(Cl)cc2C(=O)Nc2ccc(Cl)cn2)cc1. The number of anilines is 2. The predicted molar refractivity (Wildman–Crippen MR) is 156 cm³/mol. The molecule has 3 amide bonds. The van der Waals surface area contributed by atoms with Crippen molar-refractivity contribution in [2.24, 2.45) is 0 Å². The molecule has 3 aromatic carbocycles. The highest BCUT2D eigenvalue weighted by molar-refractivity contribution is 7.99. The lowest BCUT2D eigenvalue weighted by molar-refractivity contribution is -0.117. The summed E-state index contributed by atoms with van der Waals surface area (Å²) in [6, 6.07) is 21.1. The Morgan fingerprint density at radius 2 is 1.54 bits per heavy atom. The van der Waals surface area contributed by atoms with E-state index in [1.165, 1.54) is 25.3 Å². The fraction of sp³-hybridized carbons (Fsp3) is 0.0357. The van der Waals surface area contributed by atoms with Crippen LogP contribution in [0.3, 0.4) is 0 Å². The van der Waals surface area contributed by atoms with Crippen LogP contribution in [0.15, 0.2) is 90.0 Å². The molecule has 4 aromatic rings. The van der Waals surface area contributed by atoms with E-state index in [-0.39, 0.29) is 17.1 Å². The Balaban J connectivity index is 1.56. The maximum absolute atomic E-state index is 13.1. The number of aromatic nitrogens is 1. The van der Waals surface area contributed by atoms with Gasteiger partial charge < -0.3 is 10.6 Å². The molecular weight excluding hydrogens is 559 g/mol. The normalized spacial score (nSPS) is 12.2. The molecule has 0 spiro atoms. The summed E-state index contributed by atoms with van der Waals surface area (Å²) in [5.74, 6) is 2.53. The van der Waals surface area contributed by atoms with Gasteiger partial charge in [0.15, 0.2) is 0 Å². The van der Waals surface area contributed by atoms with E-state index in [2.05, 4.69) is 26.2 Å². The largest absolute Gasteiger partial charge is 0.321 e. The molecule has 1 atom stereocenters. The van der Waals surface area contributed by atoms with Crippen molar-refractivity contribution in [1.82, 2.24) is 9.71 Å². The Morgan fingerprint density at radius 1 is 0.846 bits per heavy atom. The Kier molecular flexibility index (Phi) is 8.35. The van der Waals surface area contributed by atoms with E-state index >= 15 is 0 Å². The van der Waals surface area contributed by atoms with Crippen LogP contribution in [0.25, 0.3) is 11.1 Å². The van der Waals surface area contributed by atoms with Crippen molar-refractivity contribution in [2.45, 2.75) is 11.8 Å². The van der Waals surface area contributed by atoms with Crippen LogP contribution in [0.1, 0.15) is 27.6 Å². The smallest absolute Gasteiger partial charge is 0.258 e. The molecule has 0 aliphatic carbocycles. The summed E-state index contributed by atoms with van der Waals surface area (Å²) in [6.45, 7) is 1.27. The third-order valence-corrected chi connectivity index (χ3v) is 7.59. The van der Waals surface area contributed by atoms with Gasteiger partial charge in [-0.05, 0) is 65.5 Å². The average Bonchev–Trinajstić information content (AvgIpc) is 2.90. The molecule has 0 saturated heterocycles. The van der Waals surface area contributed by atoms with E-state index in [1.807, 2.05) is 0 Å². The van der Waals surface area contributed by atoms with Gasteiger partial charge in [0.2, 0.25) is 5.91 Å². The van der Waals surface area contributed by atoms with Crippen LogP contribution in [0.2, 0.25) is 10.0 Å². The summed E-state index contributed by atoms with van der Waals surface area (Å²) < 4.78 is 15.5. The average molecular weight is 581 g/mol. The van der Waals surface area contributed by atoms with Gasteiger partial charge in [0.1, 0.15) is 5.82 Å². The molecule has 0 bridgehead atoms. The number of nitrogens with one attached hydrogen (secondary N) is 3. The number of hydrogen-bond donors (Lipinski definition) is 3. The molecule has 1 unspecified atom stereocenters. The van der Waals surface area contributed by atoms with Crippen molar-refractivity contribution in [2.75, 3.05) is 10.6 Å². The van der Waals surface area contributed by atoms with Crippen LogP contribution in [0.4, 0.5) is 11.5 Å². The Morgan fingerprint density at radius 3 is 2.21 bits per heavy atom. The van der Waals surface area contributed by atoms with Crippen molar-refractivity contribution in [3.63, 3.8) is 0 Å². The second-order valence-corrected chi connectivity index (χ2v) is 11.2. The highest BCUT2D eigenvalue weighted by Crippen LogP contribution is 2.28. The van der Waals surface area contributed by atoms with Crippen molar-refractivity contribution in [3.8, 4) is 11.1 Å². The fourth-order valence-corrected chi connectivity index (χ4v) is 5.42. The Bertz CT molecular complexity index is 1670. The van der Waals surface area contributed by atoms with E-state index in [1.54, 1.807) is 66.7 Å². The summed E-state index contributed by atoms with van der Waals surface area (Å²) in [7, 11) is -3.09. The maximum atomic E-state index is 13.1. The maximum Gasteiger partial charge on any atom is 0.258 e. The summed E-state index contributed by atoms with van der Waals surface area (Å²) in [6.07, 6.45) is 1.40. The monoisotopic (exact) mass is 580 g/mol. The van der Waals surface area contributed by atoms with E-state index in [0.29, 0.717) is 31.6 Å². The molecule has 1 aromatic heterocycles. The van der Waals surface area contributed by atoms with E-state index < -0.39 is 27.4 Å². The van der Waals surface area contributed by atoms with Gasteiger partial charge in [-0.15, -0.1) is 0 Å². The van der Waals surface area contributed by atoms with Crippen LogP contribution >= 0.6 is 23.2 Å². The number of halogens is 2. The van der Waals surface area contributed by atoms with Crippen LogP contribution in [-0.2, 0) is 14.5 Å². The second-order valence-electron chi connectivity index (χ2n) is 8.37. The zero-order valence-corrected chi connectivity index (χ0v) is 22.9. The first kappa shape index (κ1) is 27.8. The van der Waals surface area contributed by atoms with Crippen LogP contribution in [0, 0.1) is 0 Å². The topological polar surface area (TPSA) is 117 Å². The fourth-order valence-electron chi connectivity index (χ4n) is 3.72. The molecule has 39 heavy (non-hydrogen) atoms. The lowest BCUT2D eigenvalue weighted by Crippen LogP contribution is -2.28. The minimum Gasteiger partial charge on any atom is -0.321 e. The number of nitrogens with zero attached hydrogens (tertiary/aromatic N) is 1. The minimum atomic E-state index is -3.09. The van der Waals surface area contributed by atoms with Crippen molar-refractivity contribution in [3.05, 3.63) is 106 Å². The molecular formula is C28H22Cl2N4O4S. The van der Waals surface area contributed by atoms with Crippen molar-refractivity contribution < 1.29 is 18.6 Å². The standard InChI is InChI=1S/C28H22Cl2N4O4S/c1-17(35)34-39(2,38)25-6-4-3-5-22(25)18-7-9-19(10-8-18)27(36)32-24-13-11-20(29)15-23(24)28(37)33-26-14-12-21(30)16-31-26/h3-16H,2H2,1H3,(H,32,36)(H,31,33,37)(H,34,35,38). The number of carbonyl (C=O) groups is 3. The molecule has 198 valence electrons. The van der Waals surface area contributed by atoms with Crippen molar-refractivity contribution >= 4 is 68.0 Å². The Labute approximate surface area is 235 Å². The molecule has 0 radical (unpaired) electrons. The lowest BCUT2D eigenvalue weighted by atomic mass is 10.0. The number of rotatable bonds is 7. The van der Waals surface area contributed by atoms with Gasteiger partial charge in [-0.25, -0.2) is 9.19 Å². The molecule has 11 heteroatoms. The molecule has 3 N–H and O–H groups in total. The van der Waals surface area contributed by atoms with Crippen LogP contribution in [-0.4, -0.2) is 32.8 Å². The number of carbonyl (C=O) groups excluding carboxylic acids is 3. The van der Waals surface area contributed by atoms with Crippen LogP contribution in [0.5, 0.6) is 0 Å². The Hall–Kier alpha value is -4.18. The first-order valence-corrected chi connectivity index (χ1v) is 13.9. The van der Waals surface area contributed by atoms with Gasteiger partial charge in [0, 0.05) is 23.7 Å². The van der Waals surface area contributed by atoms with Gasteiger partial charge in [-0.3, -0.25) is 19.1 Å². The summed E-state index contributed by atoms with van der Waals surface area (Å²) >= 11 is 12.0. The molecule has 0 fully saturated rings. The highest BCUT2D eigenvalue weighted by atomic mass is 35.5. The first-order valence-electron chi connectivity index (χ1n) is 11.4. The highest BCUT2D eigenvalue weighted by Gasteiger charge is 2.18. The molecule has 8 nitrogen and oxygen atoms in total. The number of amides is 3. The molecule has 0 aliphatic rings. The summed E-state index contributed by atoms with van der Waals surface area (Å²) in [4.78, 5) is 41.9. The lowest BCUT2D eigenvalue weighted by Gasteiger charge is -2.15. The van der Waals surface area contributed by atoms with Crippen molar-refractivity contribution in [1.29, 1.82) is 0 Å². The third kappa shape index (κ3) is 6.83. The summed E-state index contributed by atoms with van der Waals surface area (Å²) in [5.41, 5.74) is 1.98. The number of benzene rings is 3. The van der Waals surface area contributed by atoms with Crippen LogP contribution < -0.4 is 15.4 Å². The van der Waals surface area contributed by atoms with Gasteiger partial charge in [-0.2, -0.15) is 0 Å². The van der Waals surface area contributed by atoms with Gasteiger partial charge in [0.05, 0.1) is 30.9 Å². The zero-order chi connectivity index (χ0) is 28.2. The minimum absolute atomic E-state index is 0.140. The second kappa shape index (κ2) is 11.7. The van der Waals surface area contributed by atoms with E-state index in [9.17, 15) is 18.6 Å². The zero-order valence-electron chi connectivity index (χ0n) is 20.5. The molecule has 0 saturated carbocycles. The van der Waals surface area contributed by atoms with Gasteiger partial charge in [-0.1, -0.05) is 53.5 Å². The number of hydrogen-bond acceptors (Lipinski definition) is 5. The van der Waals surface area contributed by atoms with E-state index in [4.69, 9.17) is 23.2 Å². The van der Waals surface area contributed by atoms with Gasteiger partial charge in [0.25, 0.3) is 11.8 Å².